The molecule has 0 aliphatic carbocycles. The molecule has 0 radical (unpaired) electrons. The lowest BCUT2D eigenvalue weighted by Gasteiger charge is -2.29. The van der Waals surface area contributed by atoms with Gasteiger partial charge in [0, 0.05) is 41.7 Å². The lowest BCUT2D eigenvalue weighted by molar-refractivity contribution is 0.0697. The number of rotatable bonds is 3. The van der Waals surface area contributed by atoms with E-state index in [9.17, 15) is 13.6 Å². The summed E-state index contributed by atoms with van der Waals surface area (Å²) in [5.74, 6) is -1.73. The molecule has 1 aliphatic rings. The molecule has 0 amide bonds. The largest absolute Gasteiger partial charge is 0.478 e. The first-order chi connectivity index (χ1) is 13.0. The van der Waals surface area contributed by atoms with E-state index in [1.54, 1.807) is 18.3 Å². The topological polar surface area (TPSA) is 53.4 Å². The van der Waals surface area contributed by atoms with Crippen molar-refractivity contribution in [1.29, 1.82) is 0 Å². The Hall–Kier alpha value is -3.02. The highest BCUT2D eigenvalue weighted by molar-refractivity contribution is 6.02. The van der Waals surface area contributed by atoms with E-state index in [2.05, 4.69) is 9.88 Å². The fraction of sp³-hybridized carbons (Fsp3) is 0.238. The number of benzene rings is 2. The number of pyridine rings is 1. The van der Waals surface area contributed by atoms with Gasteiger partial charge in [0.1, 0.15) is 17.5 Å². The van der Waals surface area contributed by atoms with Crippen LogP contribution in [0.15, 0.2) is 42.6 Å². The molecule has 1 aliphatic heterocycles. The van der Waals surface area contributed by atoms with E-state index in [1.807, 2.05) is 0 Å². The number of hydrogen-bond donors (Lipinski definition) is 1. The van der Waals surface area contributed by atoms with E-state index < -0.39 is 17.6 Å². The highest BCUT2D eigenvalue weighted by atomic mass is 19.1. The SMILES string of the molecule is O=C(O)c1ccc(-c2cnc(N3CCCCC3)c3cc(F)cc(F)c23)cc1. The van der Waals surface area contributed by atoms with E-state index in [0.29, 0.717) is 27.7 Å². The molecule has 27 heavy (non-hydrogen) atoms. The molecule has 4 rings (SSSR count). The zero-order valence-electron chi connectivity index (χ0n) is 14.6. The number of fused-ring (bicyclic) bond motifs is 1. The van der Waals surface area contributed by atoms with Crippen molar-refractivity contribution in [2.45, 2.75) is 19.3 Å². The van der Waals surface area contributed by atoms with Gasteiger partial charge < -0.3 is 10.0 Å². The van der Waals surface area contributed by atoms with E-state index in [4.69, 9.17) is 5.11 Å². The molecule has 1 fully saturated rings. The lowest BCUT2D eigenvalue weighted by Crippen LogP contribution is -2.30. The summed E-state index contributed by atoms with van der Waals surface area (Å²) in [6.07, 6.45) is 4.78. The molecule has 0 bridgehead atoms. The zero-order chi connectivity index (χ0) is 19.0. The lowest BCUT2D eigenvalue weighted by atomic mass is 9.98. The third-order valence-electron chi connectivity index (χ3n) is 4.98. The minimum absolute atomic E-state index is 0.146. The molecular formula is C21H18F2N2O2. The van der Waals surface area contributed by atoms with Crippen molar-refractivity contribution in [2.75, 3.05) is 18.0 Å². The van der Waals surface area contributed by atoms with E-state index in [-0.39, 0.29) is 5.56 Å². The number of aromatic nitrogens is 1. The fourth-order valence-corrected chi connectivity index (χ4v) is 3.65. The molecule has 2 aromatic carbocycles. The van der Waals surface area contributed by atoms with Crippen LogP contribution in [0.2, 0.25) is 0 Å². The van der Waals surface area contributed by atoms with Crippen LogP contribution in [0.1, 0.15) is 29.6 Å². The highest BCUT2D eigenvalue weighted by Gasteiger charge is 2.20. The Morgan fingerprint density at radius 3 is 2.41 bits per heavy atom. The summed E-state index contributed by atoms with van der Waals surface area (Å²) in [7, 11) is 0. The summed E-state index contributed by atoms with van der Waals surface area (Å²) in [5.41, 5.74) is 1.29. The van der Waals surface area contributed by atoms with E-state index in [0.717, 1.165) is 38.4 Å². The maximum absolute atomic E-state index is 14.8. The van der Waals surface area contributed by atoms with Gasteiger partial charge >= 0.3 is 5.97 Å². The number of hydrogen-bond acceptors (Lipinski definition) is 3. The van der Waals surface area contributed by atoms with Gasteiger partial charge in [0.2, 0.25) is 0 Å². The van der Waals surface area contributed by atoms with Crippen LogP contribution in [0.3, 0.4) is 0 Å². The standard InChI is InChI=1S/C21H18F2N2O2/c22-15-10-16-19(18(23)11-15)17(13-4-6-14(7-5-13)21(26)27)12-24-20(16)25-8-2-1-3-9-25/h4-7,10-12H,1-3,8-9H2,(H,26,27). The second-order valence-corrected chi connectivity index (χ2v) is 6.74. The number of piperidine rings is 1. The Morgan fingerprint density at radius 2 is 1.74 bits per heavy atom. The molecule has 0 saturated carbocycles. The van der Waals surface area contributed by atoms with Crippen molar-refractivity contribution in [3.8, 4) is 11.1 Å². The molecule has 2 heterocycles. The number of aromatic carboxylic acids is 1. The molecule has 0 spiro atoms. The summed E-state index contributed by atoms with van der Waals surface area (Å²) in [4.78, 5) is 17.6. The Bertz CT molecular complexity index is 1010. The van der Waals surface area contributed by atoms with E-state index >= 15 is 0 Å². The number of nitrogens with zero attached hydrogens (tertiary/aromatic N) is 2. The van der Waals surface area contributed by atoms with Crippen molar-refractivity contribution in [2.24, 2.45) is 0 Å². The van der Waals surface area contributed by atoms with E-state index in [1.165, 1.54) is 18.2 Å². The van der Waals surface area contributed by atoms with Crippen LogP contribution in [0.5, 0.6) is 0 Å². The first-order valence-electron chi connectivity index (χ1n) is 8.91. The van der Waals surface area contributed by atoms with Crippen molar-refractivity contribution >= 4 is 22.6 Å². The van der Waals surface area contributed by atoms with Gasteiger partial charge in [0.25, 0.3) is 0 Å². The fourth-order valence-electron chi connectivity index (χ4n) is 3.65. The molecule has 1 saturated heterocycles. The molecule has 6 heteroatoms. The Labute approximate surface area is 155 Å². The second-order valence-electron chi connectivity index (χ2n) is 6.74. The quantitative estimate of drug-likeness (QED) is 0.717. The van der Waals surface area contributed by atoms with Crippen LogP contribution >= 0.6 is 0 Å². The minimum atomic E-state index is -1.03. The van der Waals surface area contributed by atoms with Crippen LogP contribution in [0.25, 0.3) is 21.9 Å². The minimum Gasteiger partial charge on any atom is -0.478 e. The molecule has 0 unspecified atom stereocenters. The normalized spacial score (nSPS) is 14.5. The molecule has 138 valence electrons. The Kier molecular flexibility index (Phi) is 4.48. The second kappa shape index (κ2) is 6.95. The number of carboxylic acids is 1. The zero-order valence-corrected chi connectivity index (χ0v) is 14.6. The predicted octanol–water partition coefficient (Wildman–Crippen LogP) is 4.87. The Morgan fingerprint density at radius 1 is 1.04 bits per heavy atom. The number of carboxylic acid groups (broad SMARTS) is 1. The number of anilines is 1. The first-order valence-corrected chi connectivity index (χ1v) is 8.91. The third-order valence-corrected chi connectivity index (χ3v) is 4.98. The van der Waals surface area contributed by atoms with Crippen LogP contribution in [-0.4, -0.2) is 29.1 Å². The maximum atomic E-state index is 14.8. The maximum Gasteiger partial charge on any atom is 0.335 e. The van der Waals surface area contributed by atoms with Gasteiger partial charge in [-0.05, 0) is 43.0 Å². The van der Waals surface area contributed by atoms with Gasteiger partial charge in [-0.25, -0.2) is 18.6 Å². The average molecular weight is 368 g/mol. The van der Waals surface area contributed by atoms with Gasteiger partial charge in [0.15, 0.2) is 0 Å². The van der Waals surface area contributed by atoms with Gasteiger partial charge in [-0.15, -0.1) is 0 Å². The molecule has 4 nitrogen and oxygen atoms in total. The van der Waals surface area contributed by atoms with Crippen molar-refractivity contribution in [3.05, 3.63) is 59.8 Å². The van der Waals surface area contributed by atoms with Crippen LogP contribution < -0.4 is 4.90 Å². The molecule has 0 atom stereocenters. The van der Waals surface area contributed by atoms with Gasteiger partial charge in [-0.2, -0.15) is 0 Å². The van der Waals surface area contributed by atoms with Crippen molar-refractivity contribution in [1.82, 2.24) is 4.98 Å². The predicted molar refractivity (Wildman–Crippen MR) is 100 cm³/mol. The van der Waals surface area contributed by atoms with Crippen LogP contribution in [0, 0.1) is 11.6 Å². The summed E-state index contributed by atoms with van der Waals surface area (Å²) in [6, 6.07) is 8.35. The van der Waals surface area contributed by atoms with Gasteiger partial charge in [0.05, 0.1) is 5.56 Å². The van der Waals surface area contributed by atoms with Crippen molar-refractivity contribution < 1.29 is 18.7 Å². The number of halogens is 2. The van der Waals surface area contributed by atoms with Gasteiger partial charge in [-0.1, -0.05) is 12.1 Å². The molecule has 1 N–H and O–H groups in total. The van der Waals surface area contributed by atoms with Gasteiger partial charge in [-0.3, -0.25) is 0 Å². The Balaban J connectivity index is 1.90. The van der Waals surface area contributed by atoms with Crippen LogP contribution in [-0.2, 0) is 0 Å². The van der Waals surface area contributed by atoms with Crippen molar-refractivity contribution in [3.63, 3.8) is 0 Å². The average Bonchev–Trinajstić information content (AvgIpc) is 2.67. The first kappa shape index (κ1) is 17.4. The third kappa shape index (κ3) is 3.23. The highest BCUT2D eigenvalue weighted by Crippen LogP contribution is 2.36. The summed E-state index contributed by atoms with van der Waals surface area (Å²) in [6.45, 7) is 1.62. The number of carbonyl (C=O) groups is 1. The monoisotopic (exact) mass is 368 g/mol. The molecule has 1 aromatic heterocycles. The smallest absolute Gasteiger partial charge is 0.335 e. The van der Waals surface area contributed by atoms with Crippen LogP contribution in [0.4, 0.5) is 14.6 Å². The molecule has 3 aromatic rings. The summed E-state index contributed by atoms with van der Waals surface area (Å²) in [5, 5.41) is 9.79. The summed E-state index contributed by atoms with van der Waals surface area (Å²) >= 11 is 0. The molecular weight excluding hydrogens is 350 g/mol. The summed E-state index contributed by atoms with van der Waals surface area (Å²) < 4.78 is 28.7.